The second-order valence-corrected chi connectivity index (χ2v) is 9.69. The molecule has 1 aliphatic heterocycles. The number of amides is 2. The number of imide groups is 1. The predicted octanol–water partition coefficient (Wildman–Crippen LogP) is 5.09. The van der Waals surface area contributed by atoms with Crippen LogP contribution in [0, 0.1) is 0 Å². The van der Waals surface area contributed by atoms with E-state index in [1.165, 1.54) is 17.0 Å². The molecule has 0 saturated heterocycles. The zero-order chi connectivity index (χ0) is 27.6. The third-order valence-corrected chi connectivity index (χ3v) is 7.13. The first kappa shape index (κ1) is 25.1. The summed E-state index contributed by atoms with van der Waals surface area (Å²) >= 11 is 0. The van der Waals surface area contributed by atoms with Gasteiger partial charge in [-0.05, 0) is 66.6 Å². The lowest BCUT2D eigenvalue weighted by molar-refractivity contribution is 0.0612. The molecular weight excluding hydrogens is 504 g/mol. The van der Waals surface area contributed by atoms with Crippen LogP contribution in [0.25, 0.3) is 10.8 Å². The van der Waals surface area contributed by atoms with Crippen LogP contribution in [0.3, 0.4) is 0 Å². The number of phenols is 2. The van der Waals surface area contributed by atoms with Crippen LogP contribution in [0.2, 0.25) is 0 Å². The molecule has 0 atom stereocenters. The standard InChI is InChI=1S/C32H26N4O4/c37-28-13-10-21(18-29(28)38)14-17-36-31(39)25-9-5-8-24-27(12-11-26(30(24)25)32(36)40)35(19-22-6-1-3-15-33-22)20-23-7-2-4-16-34-23/h1-13,15-16,18,37-38H,14,17,19-20H2. The fourth-order valence-electron chi connectivity index (χ4n) is 5.18. The van der Waals surface area contributed by atoms with E-state index in [1.807, 2.05) is 54.6 Å². The molecule has 5 aromatic rings. The van der Waals surface area contributed by atoms with Crippen molar-refractivity contribution in [3.05, 3.63) is 125 Å². The lowest BCUT2D eigenvalue weighted by Gasteiger charge is -2.30. The molecule has 2 N–H and O–H groups in total. The Morgan fingerprint density at radius 2 is 1.38 bits per heavy atom. The van der Waals surface area contributed by atoms with Gasteiger partial charge in [-0.25, -0.2) is 0 Å². The molecule has 2 amide bonds. The summed E-state index contributed by atoms with van der Waals surface area (Å²) in [5, 5.41) is 20.9. The maximum absolute atomic E-state index is 13.6. The first-order valence-corrected chi connectivity index (χ1v) is 13.0. The summed E-state index contributed by atoms with van der Waals surface area (Å²) in [4.78, 5) is 39.6. The van der Waals surface area contributed by atoms with E-state index in [0.717, 1.165) is 22.5 Å². The van der Waals surface area contributed by atoms with Crippen LogP contribution in [0.5, 0.6) is 11.5 Å². The number of hydrogen-bond acceptors (Lipinski definition) is 7. The smallest absolute Gasteiger partial charge is 0.261 e. The van der Waals surface area contributed by atoms with E-state index in [4.69, 9.17) is 0 Å². The van der Waals surface area contributed by atoms with Gasteiger partial charge in [0.15, 0.2) is 11.5 Å². The average Bonchev–Trinajstić information content (AvgIpc) is 2.98. The Kier molecular flexibility index (Phi) is 6.57. The van der Waals surface area contributed by atoms with E-state index in [9.17, 15) is 19.8 Å². The van der Waals surface area contributed by atoms with Crippen LogP contribution in [0.1, 0.15) is 37.7 Å². The minimum atomic E-state index is -0.357. The minimum absolute atomic E-state index is 0.144. The molecule has 0 saturated carbocycles. The Bertz CT molecular complexity index is 1660. The molecule has 0 radical (unpaired) electrons. The van der Waals surface area contributed by atoms with Gasteiger partial charge < -0.3 is 15.1 Å². The monoisotopic (exact) mass is 530 g/mol. The molecule has 1 aliphatic rings. The van der Waals surface area contributed by atoms with Gasteiger partial charge in [0.25, 0.3) is 11.8 Å². The molecule has 6 rings (SSSR count). The summed E-state index contributed by atoms with van der Waals surface area (Å²) in [6, 6.07) is 25.3. The third-order valence-electron chi connectivity index (χ3n) is 7.13. The number of anilines is 1. The average molecular weight is 531 g/mol. The number of aromatic hydroxyl groups is 2. The highest BCUT2D eigenvalue weighted by Gasteiger charge is 2.33. The largest absolute Gasteiger partial charge is 0.504 e. The zero-order valence-corrected chi connectivity index (χ0v) is 21.6. The van der Waals surface area contributed by atoms with Crippen molar-refractivity contribution < 1.29 is 19.8 Å². The van der Waals surface area contributed by atoms with Crippen LogP contribution in [0.15, 0.2) is 97.3 Å². The summed E-state index contributed by atoms with van der Waals surface area (Å²) in [7, 11) is 0. The van der Waals surface area contributed by atoms with Crippen molar-refractivity contribution in [2.45, 2.75) is 19.5 Å². The minimum Gasteiger partial charge on any atom is -0.504 e. The molecule has 0 aliphatic carbocycles. The van der Waals surface area contributed by atoms with Crippen molar-refractivity contribution in [3.8, 4) is 11.5 Å². The quantitative estimate of drug-likeness (QED) is 0.213. The second-order valence-electron chi connectivity index (χ2n) is 9.69. The van der Waals surface area contributed by atoms with Crippen molar-refractivity contribution in [1.29, 1.82) is 0 Å². The Hall–Kier alpha value is -5.24. The summed E-state index contributed by atoms with van der Waals surface area (Å²) in [6.45, 7) is 1.18. The van der Waals surface area contributed by atoms with Crippen LogP contribution in [-0.4, -0.2) is 43.4 Å². The fourth-order valence-corrected chi connectivity index (χ4v) is 5.18. The molecule has 0 bridgehead atoms. The molecule has 40 heavy (non-hydrogen) atoms. The van der Waals surface area contributed by atoms with Crippen molar-refractivity contribution >= 4 is 28.3 Å². The van der Waals surface area contributed by atoms with Crippen LogP contribution in [-0.2, 0) is 19.5 Å². The molecular formula is C32H26N4O4. The van der Waals surface area contributed by atoms with Gasteiger partial charge in [0.1, 0.15) is 0 Å². The zero-order valence-electron chi connectivity index (χ0n) is 21.6. The number of benzene rings is 3. The topological polar surface area (TPSA) is 107 Å². The molecule has 0 unspecified atom stereocenters. The Morgan fingerprint density at radius 3 is 2.00 bits per heavy atom. The van der Waals surface area contributed by atoms with E-state index < -0.39 is 0 Å². The number of carbonyl (C=O) groups is 2. The summed E-state index contributed by atoms with van der Waals surface area (Å²) in [6.07, 6.45) is 3.87. The van der Waals surface area contributed by atoms with E-state index in [2.05, 4.69) is 14.9 Å². The first-order chi connectivity index (χ1) is 19.5. The number of rotatable bonds is 8. The van der Waals surface area contributed by atoms with Gasteiger partial charge in [0.05, 0.1) is 24.5 Å². The highest BCUT2D eigenvalue weighted by atomic mass is 16.3. The molecule has 0 spiro atoms. The number of hydrogen-bond donors (Lipinski definition) is 2. The highest BCUT2D eigenvalue weighted by Crippen LogP contribution is 2.37. The van der Waals surface area contributed by atoms with Gasteiger partial charge in [-0.3, -0.25) is 24.5 Å². The molecule has 8 heteroatoms. The van der Waals surface area contributed by atoms with Crippen molar-refractivity contribution in [3.63, 3.8) is 0 Å². The Labute approximate surface area is 230 Å². The van der Waals surface area contributed by atoms with Crippen molar-refractivity contribution in [1.82, 2.24) is 14.9 Å². The van der Waals surface area contributed by atoms with Crippen LogP contribution in [0.4, 0.5) is 5.69 Å². The van der Waals surface area contributed by atoms with E-state index in [1.54, 1.807) is 30.6 Å². The lowest BCUT2D eigenvalue weighted by Crippen LogP contribution is -2.41. The second kappa shape index (κ2) is 10.5. The van der Waals surface area contributed by atoms with Gasteiger partial charge in [-0.15, -0.1) is 0 Å². The number of pyridine rings is 2. The van der Waals surface area contributed by atoms with Crippen LogP contribution < -0.4 is 4.90 Å². The molecule has 0 fully saturated rings. The van der Waals surface area contributed by atoms with Gasteiger partial charge >= 0.3 is 0 Å². The SMILES string of the molecule is O=C1c2cccc3c(N(Cc4ccccn4)Cc4ccccn4)ccc(c23)C(=O)N1CCc1ccc(O)c(O)c1. The molecule has 198 valence electrons. The maximum Gasteiger partial charge on any atom is 0.261 e. The van der Waals surface area contributed by atoms with E-state index >= 15 is 0 Å². The Morgan fingerprint density at radius 1 is 0.700 bits per heavy atom. The molecule has 3 aromatic carbocycles. The number of nitrogens with zero attached hydrogens (tertiary/aromatic N) is 4. The van der Waals surface area contributed by atoms with E-state index in [-0.39, 0.29) is 29.9 Å². The summed E-state index contributed by atoms with van der Waals surface area (Å²) < 4.78 is 0. The van der Waals surface area contributed by atoms with Gasteiger partial charge in [0.2, 0.25) is 0 Å². The summed E-state index contributed by atoms with van der Waals surface area (Å²) in [5.74, 6) is -1.17. The van der Waals surface area contributed by atoms with Gasteiger partial charge in [-0.1, -0.05) is 30.3 Å². The first-order valence-electron chi connectivity index (χ1n) is 13.0. The van der Waals surface area contributed by atoms with Crippen LogP contribution >= 0.6 is 0 Å². The molecule has 3 heterocycles. The number of carbonyl (C=O) groups excluding carboxylic acids is 2. The number of phenolic OH excluding ortho intramolecular Hbond substituents is 2. The van der Waals surface area contributed by atoms with Crippen molar-refractivity contribution in [2.24, 2.45) is 0 Å². The van der Waals surface area contributed by atoms with E-state index in [0.29, 0.717) is 41.6 Å². The molecule has 2 aromatic heterocycles. The van der Waals surface area contributed by atoms with Gasteiger partial charge in [-0.2, -0.15) is 0 Å². The third kappa shape index (κ3) is 4.71. The highest BCUT2D eigenvalue weighted by molar-refractivity contribution is 6.26. The molecule has 8 nitrogen and oxygen atoms in total. The predicted molar refractivity (Wildman–Crippen MR) is 151 cm³/mol. The lowest BCUT2D eigenvalue weighted by atomic mass is 9.92. The van der Waals surface area contributed by atoms with Crippen molar-refractivity contribution in [2.75, 3.05) is 11.4 Å². The normalized spacial score (nSPS) is 12.7. The van der Waals surface area contributed by atoms with Gasteiger partial charge in [0, 0.05) is 46.5 Å². The fraction of sp³-hybridized carbons (Fsp3) is 0.125. The summed E-state index contributed by atoms with van der Waals surface area (Å²) in [5.41, 5.74) is 4.30. The maximum atomic E-state index is 13.6. The number of aromatic nitrogens is 2. The Balaban J connectivity index is 1.37.